The summed E-state index contributed by atoms with van der Waals surface area (Å²) in [6.07, 6.45) is 1.44. The van der Waals surface area contributed by atoms with Crippen molar-refractivity contribution in [2.24, 2.45) is 0 Å². The predicted molar refractivity (Wildman–Crippen MR) is 124 cm³/mol. The number of nitrogens with zero attached hydrogens (tertiary/aromatic N) is 1. The van der Waals surface area contributed by atoms with Crippen molar-refractivity contribution in [3.05, 3.63) is 78.3 Å². The molecule has 176 valence electrons. The SMILES string of the molecule is CCN(CC)S(=O)(=O)c1ccc(NC(=O)c2cccc(S(=O)(=O)NCc3ccco3)c2)cc1. The molecular formula is C22H25N3O6S2. The molecule has 3 aromatic rings. The molecule has 0 aliphatic heterocycles. The zero-order valence-corrected chi connectivity index (χ0v) is 19.8. The van der Waals surface area contributed by atoms with Gasteiger partial charge in [-0.05, 0) is 54.6 Å². The van der Waals surface area contributed by atoms with E-state index in [0.717, 1.165) is 0 Å². The van der Waals surface area contributed by atoms with Crippen LogP contribution in [0.15, 0.2) is 81.1 Å². The van der Waals surface area contributed by atoms with E-state index in [1.54, 1.807) is 26.0 Å². The minimum absolute atomic E-state index is 0.0193. The maximum absolute atomic E-state index is 12.7. The second-order valence-corrected chi connectivity index (χ2v) is 10.7. The Morgan fingerprint density at radius 3 is 2.21 bits per heavy atom. The lowest BCUT2D eigenvalue weighted by atomic mass is 10.2. The summed E-state index contributed by atoms with van der Waals surface area (Å²) in [6, 6.07) is 14.7. The highest BCUT2D eigenvalue weighted by Crippen LogP contribution is 2.19. The average Bonchev–Trinajstić information content (AvgIpc) is 3.33. The summed E-state index contributed by atoms with van der Waals surface area (Å²) in [5, 5.41) is 2.65. The highest BCUT2D eigenvalue weighted by molar-refractivity contribution is 7.89. The highest BCUT2D eigenvalue weighted by Gasteiger charge is 2.21. The summed E-state index contributed by atoms with van der Waals surface area (Å²) in [4.78, 5) is 12.7. The molecule has 0 aliphatic rings. The molecule has 0 saturated heterocycles. The first-order chi connectivity index (χ1) is 15.7. The summed E-state index contributed by atoms with van der Waals surface area (Å²) in [5.41, 5.74) is 0.512. The monoisotopic (exact) mass is 491 g/mol. The van der Waals surface area contributed by atoms with Crippen molar-refractivity contribution >= 4 is 31.6 Å². The quantitative estimate of drug-likeness (QED) is 0.449. The van der Waals surface area contributed by atoms with Crippen LogP contribution in [0.5, 0.6) is 0 Å². The number of anilines is 1. The van der Waals surface area contributed by atoms with E-state index in [4.69, 9.17) is 4.42 Å². The molecule has 1 amide bonds. The van der Waals surface area contributed by atoms with Gasteiger partial charge in [-0.1, -0.05) is 19.9 Å². The number of amides is 1. The maximum atomic E-state index is 12.7. The van der Waals surface area contributed by atoms with Gasteiger partial charge >= 0.3 is 0 Å². The van der Waals surface area contributed by atoms with Gasteiger partial charge in [-0.2, -0.15) is 4.31 Å². The summed E-state index contributed by atoms with van der Waals surface area (Å²) >= 11 is 0. The van der Waals surface area contributed by atoms with Gasteiger partial charge in [-0.3, -0.25) is 4.79 Å². The molecule has 0 aliphatic carbocycles. The van der Waals surface area contributed by atoms with E-state index in [1.165, 1.54) is 59.1 Å². The van der Waals surface area contributed by atoms with Crippen molar-refractivity contribution < 1.29 is 26.0 Å². The number of carbonyl (C=O) groups is 1. The molecule has 0 atom stereocenters. The molecule has 0 fully saturated rings. The number of benzene rings is 2. The predicted octanol–water partition coefficient (Wildman–Crippen LogP) is 3.04. The van der Waals surface area contributed by atoms with Crippen LogP contribution in [0.25, 0.3) is 0 Å². The van der Waals surface area contributed by atoms with Crippen molar-refractivity contribution in [2.45, 2.75) is 30.2 Å². The van der Waals surface area contributed by atoms with Gasteiger partial charge in [0.15, 0.2) is 0 Å². The molecule has 2 N–H and O–H groups in total. The van der Waals surface area contributed by atoms with Crippen LogP contribution in [-0.4, -0.2) is 40.1 Å². The number of nitrogens with one attached hydrogen (secondary N) is 2. The molecule has 3 rings (SSSR count). The van der Waals surface area contributed by atoms with Crippen molar-refractivity contribution in [2.75, 3.05) is 18.4 Å². The van der Waals surface area contributed by atoms with Gasteiger partial charge in [-0.15, -0.1) is 0 Å². The fraction of sp³-hybridized carbons (Fsp3) is 0.227. The average molecular weight is 492 g/mol. The Hall–Kier alpha value is -2.99. The summed E-state index contributed by atoms with van der Waals surface area (Å²) in [6.45, 7) is 4.21. The molecule has 33 heavy (non-hydrogen) atoms. The van der Waals surface area contributed by atoms with E-state index >= 15 is 0 Å². The standard InChI is InChI=1S/C22H25N3O6S2/c1-3-25(4-2)33(29,30)20-12-10-18(11-13-20)24-22(26)17-7-5-9-21(15-17)32(27,28)23-16-19-8-6-14-31-19/h5-15,23H,3-4,16H2,1-2H3,(H,24,26). The van der Waals surface area contributed by atoms with Gasteiger partial charge in [0.05, 0.1) is 22.6 Å². The van der Waals surface area contributed by atoms with Gasteiger partial charge in [0.1, 0.15) is 5.76 Å². The first-order valence-electron chi connectivity index (χ1n) is 10.2. The molecule has 0 bridgehead atoms. The molecular weight excluding hydrogens is 466 g/mol. The van der Waals surface area contributed by atoms with Crippen LogP contribution in [-0.2, 0) is 26.6 Å². The summed E-state index contributed by atoms with van der Waals surface area (Å²) in [7, 11) is -7.46. The lowest BCUT2D eigenvalue weighted by Gasteiger charge is -2.18. The Bertz CT molecular complexity index is 1300. The van der Waals surface area contributed by atoms with Crippen LogP contribution >= 0.6 is 0 Å². The second kappa shape index (κ2) is 10.3. The Labute approximate surface area is 193 Å². The van der Waals surface area contributed by atoms with Crippen LogP contribution < -0.4 is 10.0 Å². The minimum atomic E-state index is -3.86. The van der Waals surface area contributed by atoms with Crippen molar-refractivity contribution in [3.63, 3.8) is 0 Å². The summed E-state index contributed by atoms with van der Waals surface area (Å²) in [5.74, 6) is -0.0728. The van der Waals surface area contributed by atoms with Crippen molar-refractivity contribution in [1.82, 2.24) is 9.03 Å². The Kier molecular flexibility index (Phi) is 7.69. The molecule has 0 spiro atoms. The van der Waals surface area contributed by atoms with Crippen LogP contribution in [0.2, 0.25) is 0 Å². The van der Waals surface area contributed by atoms with Crippen LogP contribution in [0.3, 0.4) is 0 Å². The van der Waals surface area contributed by atoms with Crippen molar-refractivity contribution in [1.29, 1.82) is 0 Å². The van der Waals surface area contributed by atoms with E-state index in [-0.39, 0.29) is 21.9 Å². The first kappa shape index (κ1) is 24.6. The fourth-order valence-electron chi connectivity index (χ4n) is 3.09. The number of hydrogen-bond acceptors (Lipinski definition) is 6. The molecule has 0 unspecified atom stereocenters. The molecule has 11 heteroatoms. The molecule has 9 nitrogen and oxygen atoms in total. The Balaban J connectivity index is 1.72. The smallest absolute Gasteiger partial charge is 0.255 e. The Morgan fingerprint density at radius 1 is 0.909 bits per heavy atom. The third kappa shape index (κ3) is 5.88. The number of sulfonamides is 2. The molecule has 1 aromatic heterocycles. The van der Waals surface area contributed by atoms with Gasteiger partial charge in [0.25, 0.3) is 5.91 Å². The van der Waals surface area contributed by atoms with E-state index in [9.17, 15) is 21.6 Å². The first-order valence-corrected chi connectivity index (χ1v) is 13.1. The maximum Gasteiger partial charge on any atom is 0.255 e. The highest BCUT2D eigenvalue weighted by atomic mass is 32.2. The molecule has 0 saturated carbocycles. The van der Waals surface area contributed by atoms with Crippen molar-refractivity contribution in [3.8, 4) is 0 Å². The van der Waals surface area contributed by atoms with Crippen LogP contribution in [0, 0.1) is 0 Å². The third-order valence-electron chi connectivity index (χ3n) is 4.88. The number of hydrogen-bond donors (Lipinski definition) is 2. The number of rotatable bonds is 10. The summed E-state index contributed by atoms with van der Waals surface area (Å²) < 4.78 is 59.1. The molecule has 0 radical (unpaired) electrons. The van der Waals surface area contributed by atoms with E-state index in [0.29, 0.717) is 24.5 Å². The normalized spacial score (nSPS) is 12.1. The largest absolute Gasteiger partial charge is 0.468 e. The zero-order valence-electron chi connectivity index (χ0n) is 18.2. The number of furan rings is 1. The topological polar surface area (TPSA) is 126 Å². The van der Waals surface area contributed by atoms with E-state index in [1.807, 2.05) is 0 Å². The van der Waals surface area contributed by atoms with E-state index in [2.05, 4.69) is 10.0 Å². The molecule has 1 heterocycles. The van der Waals surface area contributed by atoms with Gasteiger partial charge in [0, 0.05) is 24.3 Å². The van der Waals surface area contributed by atoms with Crippen LogP contribution in [0.1, 0.15) is 30.0 Å². The van der Waals surface area contributed by atoms with Gasteiger partial charge in [-0.25, -0.2) is 21.6 Å². The lowest BCUT2D eigenvalue weighted by Crippen LogP contribution is -2.30. The zero-order chi connectivity index (χ0) is 24.1. The molecule has 2 aromatic carbocycles. The fourth-order valence-corrected chi connectivity index (χ4v) is 5.59. The second-order valence-electron chi connectivity index (χ2n) is 7.00. The number of carbonyl (C=O) groups excluding carboxylic acids is 1. The third-order valence-corrected chi connectivity index (χ3v) is 8.34. The van der Waals surface area contributed by atoms with Crippen LogP contribution in [0.4, 0.5) is 5.69 Å². The van der Waals surface area contributed by atoms with Gasteiger partial charge < -0.3 is 9.73 Å². The minimum Gasteiger partial charge on any atom is -0.468 e. The van der Waals surface area contributed by atoms with E-state index < -0.39 is 26.0 Å². The Morgan fingerprint density at radius 2 is 1.61 bits per heavy atom. The van der Waals surface area contributed by atoms with Gasteiger partial charge in [0.2, 0.25) is 20.0 Å². The lowest BCUT2D eigenvalue weighted by molar-refractivity contribution is 0.102.